The van der Waals surface area contributed by atoms with Gasteiger partial charge in [-0.05, 0) is 107 Å². The Labute approximate surface area is 312 Å². The van der Waals surface area contributed by atoms with Crippen molar-refractivity contribution in [3.63, 3.8) is 0 Å². The van der Waals surface area contributed by atoms with Crippen LogP contribution in [-0.2, 0) is 0 Å². The summed E-state index contributed by atoms with van der Waals surface area (Å²) in [5.41, 5.74) is 8.37. The molecule has 0 fully saturated rings. The first-order valence-electron chi connectivity index (χ1n) is 17.5. The molecule has 0 N–H and O–H groups in total. The maximum Gasteiger partial charge on any atom is 0.0468 e. The molecule has 52 heavy (non-hydrogen) atoms. The monoisotopic (exact) mass is 715 g/mol. The van der Waals surface area contributed by atoms with E-state index in [4.69, 9.17) is 0 Å². The van der Waals surface area contributed by atoms with Gasteiger partial charge in [-0.25, -0.2) is 0 Å². The van der Waals surface area contributed by atoms with Crippen molar-refractivity contribution in [3.05, 3.63) is 176 Å². The van der Waals surface area contributed by atoms with Crippen LogP contribution in [0.25, 0.3) is 82.8 Å². The van der Waals surface area contributed by atoms with E-state index in [0.717, 1.165) is 17.1 Å². The zero-order valence-corrected chi connectivity index (χ0v) is 30.4. The van der Waals surface area contributed by atoms with Crippen LogP contribution in [0.1, 0.15) is 0 Å². The molecule has 0 aliphatic heterocycles. The van der Waals surface area contributed by atoms with Crippen molar-refractivity contribution in [1.82, 2.24) is 0 Å². The van der Waals surface area contributed by atoms with Gasteiger partial charge in [0.05, 0.1) is 0 Å². The van der Waals surface area contributed by atoms with Gasteiger partial charge < -0.3 is 4.90 Å². The second kappa shape index (κ2) is 11.9. The van der Waals surface area contributed by atoms with Gasteiger partial charge >= 0.3 is 0 Å². The molecule has 0 aliphatic rings. The first-order chi connectivity index (χ1) is 25.7. The topological polar surface area (TPSA) is 3.24 Å². The van der Waals surface area contributed by atoms with Gasteiger partial charge in [-0.2, -0.15) is 0 Å². The highest BCUT2D eigenvalue weighted by Crippen LogP contribution is 2.44. The van der Waals surface area contributed by atoms with Crippen molar-refractivity contribution in [1.29, 1.82) is 0 Å². The van der Waals surface area contributed by atoms with E-state index in [1.807, 2.05) is 34.0 Å². The van der Waals surface area contributed by atoms with Gasteiger partial charge in [0.25, 0.3) is 0 Å². The van der Waals surface area contributed by atoms with Crippen LogP contribution in [0.4, 0.5) is 17.1 Å². The first kappa shape index (κ1) is 29.9. The Morgan fingerprint density at radius 3 is 1.17 bits per heavy atom. The molecule has 0 amide bonds. The molecule has 8 aromatic carbocycles. The molecule has 3 aromatic heterocycles. The van der Waals surface area contributed by atoms with Crippen molar-refractivity contribution in [3.8, 4) is 22.3 Å². The molecule has 4 heteroatoms. The summed E-state index contributed by atoms with van der Waals surface area (Å²) in [7, 11) is 0. The Kier molecular flexibility index (Phi) is 6.84. The minimum Gasteiger partial charge on any atom is -0.310 e. The van der Waals surface area contributed by atoms with Gasteiger partial charge in [0.15, 0.2) is 0 Å². The summed E-state index contributed by atoms with van der Waals surface area (Å²) in [5, 5.41) is 7.86. The van der Waals surface area contributed by atoms with E-state index in [2.05, 4.69) is 181 Å². The molecule has 0 bridgehead atoms. The molecule has 1 nitrogen and oxygen atoms in total. The molecule has 11 rings (SSSR count). The maximum atomic E-state index is 2.42. The van der Waals surface area contributed by atoms with Gasteiger partial charge in [-0.1, -0.05) is 91.0 Å². The van der Waals surface area contributed by atoms with Crippen molar-refractivity contribution in [2.45, 2.75) is 0 Å². The van der Waals surface area contributed by atoms with Gasteiger partial charge in [0, 0.05) is 77.6 Å². The molecule has 11 aromatic rings. The van der Waals surface area contributed by atoms with Crippen LogP contribution in [0, 0.1) is 0 Å². The van der Waals surface area contributed by atoms with E-state index in [-0.39, 0.29) is 0 Å². The highest BCUT2D eigenvalue weighted by molar-refractivity contribution is 7.26. The highest BCUT2D eigenvalue weighted by atomic mass is 32.1. The van der Waals surface area contributed by atoms with E-state index in [0.29, 0.717) is 0 Å². The Morgan fingerprint density at radius 2 is 0.615 bits per heavy atom. The molecular weight excluding hydrogens is 687 g/mol. The van der Waals surface area contributed by atoms with Crippen LogP contribution in [-0.4, -0.2) is 0 Å². The second-order valence-electron chi connectivity index (χ2n) is 13.3. The average Bonchev–Trinajstić information content (AvgIpc) is 3.89. The standard InChI is InChI=1S/C48H29NS3/c1-2-8-30(9-3-1)31-14-18-34(19-15-31)49(35-20-24-47-41(28-35)38-11-5-7-13-44(38)51-47)36-21-25-48-42(29-36)40-27-33(17-23-46(40)52-48)32-16-22-45-39(26-32)37-10-4-6-12-43(37)50-45/h1-29H. The van der Waals surface area contributed by atoms with E-state index >= 15 is 0 Å². The number of hydrogen-bond donors (Lipinski definition) is 0. The van der Waals surface area contributed by atoms with E-state index in [1.165, 1.54) is 82.8 Å². The molecule has 0 unspecified atom stereocenters. The second-order valence-corrected chi connectivity index (χ2v) is 16.6. The van der Waals surface area contributed by atoms with Crippen molar-refractivity contribution in [2.24, 2.45) is 0 Å². The Hall–Kier alpha value is -5.78. The third-order valence-electron chi connectivity index (χ3n) is 10.3. The lowest BCUT2D eigenvalue weighted by atomic mass is 10.0. The lowest BCUT2D eigenvalue weighted by Crippen LogP contribution is -2.09. The Bertz CT molecular complexity index is 3130. The van der Waals surface area contributed by atoms with Crippen LogP contribution in [0.5, 0.6) is 0 Å². The zero-order chi connectivity index (χ0) is 34.2. The lowest BCUT2D eigenvalue weighted by Gasteiger charge is -2.26. The number of thiophene rings is 3. The summed E-state index contributed by atoms with van der Waals surface area (Å²) >= 11 is 5.60. The third-order valence-corrected chi connectivity index (χ3v) is 13.7. The number of hydrogen-bond acceptors (Lipinski definition) is 4. The summed E-state index contributed by atoms with van der Waals surface area (Å²) in [6.07, 6.45) is 0. The fraction of sp³-hybridized carbons (Fsp3) is 0. The Balaban J connectivity index is 1.07. The minimum atomic E-state index is 1.13. The molecular formula is C48H29NS3. The normalized spacial score (nSPS) is 11.8. The van der Waals surface area contributed by atoms with Crippen LogP contribution in [0.3, 0.4) is 0 Å². The zero-order valence-electron chi connectivity index (χ0n) is 27.9. The number of benzene rings is 8. The fourth-order valence-electron chi connectivity index (χ4n) is 7.72. The summed E-state index contributed by atoms with van der Waals surface area (Å²) in [6, 6.07) is 65.0. The summed E-state index contributed by atoms with van der Waals surface area (Å²) < 4.78 is 7.91. The summed E-state index contributed by atoms with van der Waals surface area (Å²) in [4.78, 5) is 2.42. The van der Waals surface area contributed by atoms with Crippen molar-refractivity contribution in [2.75, 3.05) is 4.90 Å². The molecule has 244 valence electrons. The van der Waals surface area contributed by atoms with Crippen LogP contribution in [0.2, 0.25) is 0 Å². The smallest absolute Gasteiger partial charge is 0.0468 e. The SMILES string of the molecule is c1ccc(-c2ccc(N(c3ccc4sc5ccccc5c4c3)c3ccc4sc5ccc(-c6ccc7sc8ccccc8c7c6)cc5c4c3)cc2)cc1. The number of fused-ring (bicyclic) bond motifs is 9. The number of anilines is 3. The highest BCUT2D eigenvalue weighted by Gasteiger charge is 2.18. The number of nitrogens with zero attached hydrogens (tertiary/aromatic N) is 1. The Morgan fingerprint density at radius 1 is 0.250 bits per heavy atom. The predicted molar refractivity (Wildman–Crippen MR) is 231 cm³/mol. The van der Waals surface area contributed by atoms with Crippen LogP contribution >= 0.6 is 34.0 Å². The third kappa shape index (κ3) is 4.87. The predicted octanol–water partition coefficient (Wildman–Crippen LogP) is 15.6. The minimum absolute atomic E-state index is 1.13. The number of rotatable bonds is 5. The molecule has 3 heterocycles. The van der Waals surface area contributed by atoms with Crippen LogP contribution in [0.15, 0.2) is 176 Å². The first-order valence-corrected chi connectivity index (χ1v) is 19.9. The van der Waals surface area contributed by atoms with Crippen molar-refractivity contribution < 1.29 is 0 Å². The lowest BCUT2D eigenvalue weighted by molar-refractivity contribution is 1.30. The van der Waals surface area contributed by atoms with Crippen molar-refractivity contribution >= 4 is 112 Å². The quantitative estimate of drug-likeness (QED) is 0.171. The molecule has 0 spiro atoms. The maximum absolute atomic E-state index is 2.42. The molecule has 0 saturated heterocycles. The largest absolute Gasteiger partial charge is 0.310 e. The van der Waals surface area contributed by atoms with Crippen LogP contribution < -0.4 is 4.90 Å². The fourth-order valence-corrected chi connectivity index (χ4v) is 11.0. The molecule has 0 aliphatic carbocycles. The molecule has 0 saturated carbocycles. The summed E-state index contributed by atoms with van der Waals surface area (Å²) in [6.45, 7) is 0. The van der Waals surface area contributed by atoms with Gasteiger partial charge in [0.1, 0.15) is 0 Å². The van der Waals surface area contributed by atoms with E-state index < -0.39 is 0 Å². The van der Waals surface area contributed by atoms with E-state index in [1.54, 1.807) is 0 Å². The van der Waals surface area contributed by atoms with Gasteiger partial charge in [0.2, 0.25) is 0 Å². The molecule has 0 radical (unpaired) electrons. The summed E-state index contributed by atoms with van der Waals surface area (Å²) in [5.74, 6) is 0. The molecule has 0 atom stereocenters. The van der Waals surface area contributed by atoms with Gasteiger partial charge in [-0.3, -0.25) is 0 Å². The van der Waals surface area contributed by atoms with E-state index in [9.17, 15) is 0 Å². The van der Waals surface area contributed by atoms with Gasteiger partial charge in [-0.15, -0.1) is 34.0 Å². The average molecular weight is 716 g/mol.